The summed E-state index contributed by atoms with van der Waals surface area (Å²) in [4.78, 5) is 2.36. The van der Waals surface area contributed by atoms with E-state index >= 15 is 0 Å². The molecular weight excluding hydrogens is 330 g/mol. The summed E-state index contributed by atoms with van der Waals surface area (Å²) in [5.41, 5.74) is 2.40. The Morgan fingerprint density at radius 1 is 0.962 bits per heavy atom. The highest BCUT2D eigenvalue weighted by Gasteiger charge is 2.47. The molecule has 2 aliphatic rings. The van der Waals surface area contributed by atoms with E-state index in [0.717, 1.165) is 18.7 Å². The van der Waals surface area contributed by atoms with E-state index in [1.165, 1.54) is 5.56 Å². The number of aliphatic hydroxyl groups is 1. The van der Waals surface area contributed by atoms with Gasteiger partial charge in [-0.1, -0.05) is 60.7 Å². The first-order valence-corrected chi connectivity index (χ1v) is 9.15. The lowest BCUT2D eigenvalue weighted by atomic mass is 10.1. The molecule has 0 aliphatic carbocycles. The number of rotatable bonds is 7. The normalized spacial score (nSPS) is 28.3. The Bertz CT molecular complexity index is 681. The molecule has 1 N–H and O–H groups in total. The SMILES string of the molecule is OC[C@@H]1O[C@@H]2O[C@H]1CN(Cc1ccccc1)[C@H]2COCc1ccccc1. The summed E-state index contributed by atoms with van der Waals surface area (Å²) in [6.07, 6.45) is -0.693. The molecule has 4 rings (SSSR count). The van der Waals surface area contributed by atoms with Gasteiger partial charge in [-0.25, -0.2) is 0 Å². The molecule has 5 nitrogen and oxygen atoms in total. The first-order chi connectivity index (χ1) is 12.8. The van der Waals surface area contributed by atoms with Crippen molar-refractivity contribution in [2.45, 2.75) is 37.7 Å². The quantitative estimate of drug-likeness (QED) is 0.825. The fraction of sp³-hybridized carbons (Fsp3) is 0.429. The van der Waals surface area contributed by atoms with Gasteiger partial charge >= 0.3 is 0 Å². The van der Waals surface area contributed by atoms with Gasteiger partial charge in [-0.3, -0.25) is 4.90 Å². The second-order valence-corrected chi connectivity index (χ2v) is 6.88. The van der Waals surface area contributed by atoms with Crippen molar-refractivity contribution in [2.24, 2.45) is 0 Å². The number of ether oxygens (including phenoxy) is 3. The van der Waals surface area contributed by atoms with E-state index in [4.69, 9.17) is 14.2 Å². The van der Waals surface area contributed by atoms with Gasteiger partial charge < -0.3 is 19.3 Å². The van der Waals surface area contributed by atoms with Crippen molar-refractivity contribution in [3.63, 3.8) is 0 Å². The molecule has 0 aromatic heterocycles. The van der Waals surface area contributed by atoms with Crippen molar-refractivity contribution < 1.29 is 19.3 Å². The van der Waals surface area contributed by atoms with Gasteiger partial charge in [0.1, 0.15) is 12.2 Å². The summed E-state index contributed by atoms with van der Waals surface area (Å²) < 4.78 is 17.9. The minimum Gasteiger partial charge on any atom is -0.394 e. The van der Waals surface area contributed by atoms with Crippen molar-refractivity contribution >= 4 is 0 Å². The standard InChI is InChI=1S/C21H25NO4/c23-13-20-19-12-22(11-16-7-3-1-4-8-16)18(21(25-19)26-20)15-24-14-17-9-5-2-6-10-17/h1-10,18-21,23H,11-15H2/t18-,19-,20-,21-/m0/s1. The van der Waals surface area contributed by atoms with E-state index in [1.54, 1.807) is 0 Å². The smallest absolute Gasteiger partial charge is 0.176 e. The minimum atomic E-state index is -0.356. The molecule has 2 saturated heterocycles. The van der Waals surface area contributed by atoms with Crippen LogP contribution in [0.15, 0.2) is 60.7 Å². The van der Waals surface area contributed by atoms with E-state index in [9.17, 15) is 5.11 Å². The molecule has 2 fully saturated rings. The second-order valence-electron chi connectivity index (χ2n) is 6.88. The highest BCUT2D eigenvalue weighted by Crippen LogP contribution is 2.31. The van der Waals surface area contributed by atoms with Crippen molar-refractivity contribution in [1.29, 1.82) is 0 Å². The molecule has 138 valence electrons. The number of morpholine rings is 1. The minimum absolute atomic E-state index is 0.00622. The summed E-state index contributed by atoms with van der Waals surface area (Å²) >= 11 is 0. The molecule has 0 spiro atoms. The van der Waals surface area contributed by atoms with Crippen LogP contribution in [-0.4, -0.2) is 54.3 Å². The van der Waals surface area contributed by atoms with E-state index < -0.39 is 0 Å². The third kappa shape index (κ3) is 3.98. The fourth-order valence-electron chi connectivity index (χ4n) is 3.65. The zero-order valence-corrected chi connectivity index (χ0v) is 14.7. The Balaban J connectivity index is 1.43. The van der Waals surface area contributed by atoms with Gasteiger partial charge in [0.25, 0.3) is 0 Å². The van der Waals surface area contributed by atoms with Crippen LogP contribution in [0.2, 0.25) is 0 Å². The monoisotopic (exact) mass is 355 g/mol. The molecule has 0 radical (unpaired) electrons. The van der Waals surface area contributed by atoms with Crippen molar-refractivity contribution in [2.75, 3.05) is 19.8 Å². The van der Waals surface area contributed by atoms with Gasteiger partial charge in [0, 0.05) is 13.1 Å². The van der Waals surface area contributed by atoms with Crippen LogP contribution >= 0.6 is 0 Å². The Morgan fingerprint density at radius 3 is 2.35 bits per heavy atom. The first-order valence-electron chi connectivity index (χ1n) is 9.15. The molecular formula is C21H25NO4. The average Bonchev–Trinajstić information content (AvgIpc) is 3.03. The van der Waals surface area contributed by atoms with Crippen LogP contribution in [0.1, 0.15) is 11.1 Å². The lowest BCUT2D eigenvalue weighted by molar-refractivity contribution is -0.166. The van der Waals surface area contributed by atoms with Crippen LogP contribution in [0.3, 0.4) is 0 Å². The lowest BCUT2D eigenvalue weighted by Gasteiger charge is -2.38. The predicted molar refractivity (Wildman–Crippen MR) is 97.4 cm³/mol. The van der Waals surface area contributed by atoms with Gasteiger partial charge in [0.2, 0.25) is 0 Å². The number of benzene rings is 2. The summed E-state index contributed by atoms with van der Waals surface area (Å²) in [5.74, 6) is 0. The van der Waals surface area contributed by atoms with Gasteiger partial charge in [-0.15, -0.1) is 0 Å². The molecule has 0 unspecified atom stereocenters. The van der Waals surface area contributed by atoms with Crippen LogP contribution < -0.4 is 0 Å². The highest BCUT2D eigenvalue weighted by atomic mass is 16.7. The summed E-state index contributed by atoms with van der Waals surface area (Å²) in [6, 6.07) is 20.5. The number of fused-ring (bicyclic) bond motifs is 2. The number of aliphatic hydroxyl groups excluding tert-OH is 1. The van der Waals surface area contributed by atoms with Gasteiger partial charge in [0.05, 0.1) is 25.9 Å². The third-order valence-corrected chi connectivity index (χ3v) is 5.04. The molecule has 2 bridgehead atoms. The van der Waals surface area contributed by atoms with E-state index in [2.05, 4.69) is 41.3 Å². The predicted octanol–water partition coefficient (Wildman–Crippen LogP) is 2.19. The fourth-order valence-corrected chi connectivity index (χ4v) is 3.65. The molecule has 5 heteroatoms. The highest BCUT2D eigenvalue weighted by molar-refractivity contribution is 5.15. The van der Waals surface area contributed by atoms with Crippen molar-refractivity contribution in [1.82, 2.24) is 4.90 Å². The maximum absolute atomic E-state index is 9.55. The summed E-state index contributed by atoms with van der Waals surface area (Å²) in [7, 11) is 0. The summed E-state index contributed by atoms with van der Waals surface area (Å²) in [5, 5.41) is 9.55. The number of nitrogens with zero attached hydrogens (tertiary/aromatic N) is 1. The maximum atomic E-state index is 9.55. The van der Waals surface area contributed by atoms with Crippen LogP contribution in [-0.2, 0) is 27.4 Å². The van der Waals surface area contributed by atoms with Gasteiger partial charge in [-0.2, -0.15) is 0 Å². The van der Waals surface area contributed by atoms with Crippen molar-refractivity contribution in [3.8, 4) is 0 Å². The van der Waals surface area contributed by atoms with E-state index in [-0.39, 0.29) is 31.1 Å². The van der Waals surface area contributed by atoms with Crippen LogP contribution in [0.25, 0.3) is 0 Å². The van der Waals surface area contributed by atoms with Crippen LogP contribution in [0, 0.1) is 0 Å². The Hall–Kier alpha value is -1.76. The first kappa shape index (κ1) is 17.6. The van der Waals surface area contributed by atoms with Gasteiger partial charge in [-0.05, 0) is 11.1 Å². The zero-order chi connectivity index (χ0) is 17.8. The topological polar surface area (TPSA) is 51.2 Å². The van der Waals surface area contributed by atoms with E-state index in [0.29, 0.717) is 13.2 Å². The summed E-state index contributed by atoms with van der Waals surface area (Å²) in [6.45, 7) is 2.62. The maximum Gasteiger partial charge on any atom is 0.176 e. The molecule has 26 heavy (non-hydrogen) atoms. The van der Waals surface area contributed by atoms with E-state index in [1.807, 2.05) is 24.3 Å². The molecule has 2 aromatic rings. The third-order valence-electron chi connectivity index (χ3n) is 5.04. The van der Waals surface area contributed by atoms with Crippen molar-refractivity contribution in [3.05, 3.63) is 71.8 Å². The zero-order valence-electron chi connectivity index (χ0n) is 14.7. The molecule has 2 heterocycles. The largest absolute Gasteiger partial charge is 0.394 e. The Kier molecular flexibility index (Phi) is 5.62. The molecule has 2 aromatic carbocycles. The van der Waals surface area contributed by atoms with Gasteiger partial charge in [0.15, 0.2) is 6.29 Å². The van der Waals surface area contributed by atoms with Crippen LogP contribution in [0.5, 0.6) is 0 Å². The molecule has 0 amide bonds. The number of hydrogen-bond donors (Lipinski definition) is 1. The lowest BCUT2D eigenvalue weighted by Crippen LogP contribution is -2.53. The second kappa shape index (κ2) is 8.29. The van der Waals surface area contributed by atoms with Crippen LogP contribution in [0.4, 0.5) is 0 Å². The Morgan fingerprint density at radius 2 is 1.65 bits per heavy atom. The average molecular weight is 355 g/mol. The molecule has 2 aliphatic heterocycles. The molecule has 4 atom stereocenters. The Labute approximate surface area is 154 Å². The number of hydrogen-bond acceptors (Lipinski definition) is 5. The molecule has 0 saturated carbocycles.